The van der Waals surface area contributed by atoms with E-state index >= 15 is 0 Å². The molecule has 2 rings (SSSR count). The molecule has 0 aliphatic heterocycles. The lowest BCUT2D eigenvalue weighted by Gasteiger charge is -2.25. The largest absolute Gasteiger partial charge is 0.352 e. The van der Waals surface area contributed by atoms with Crippen molar-refractivity contribution in [1.29, 1.82) is 0 Å². The van der Waals surface area contributed by atoms with Crippen LogP contribution in [0.2, 0.25) is 0 Å². The normalized spacial score (nSPS) is 15.2. The first kappa shape index (κ1) is 17.4. The highest BCUT2D eigenvalue weighted by Crippen LogP contribution is 2.17. The topological polar surface area (TPSA) is 49.4 Å². The van der Waals surface area contributed by atoms with Gasteiger partial charge in [-0.2, -0.15) is 0 Å². The molecule has 0 spiro atoms. The highest BCUT2D eigenvalue weighted by molar-refractivity contribution is 5.83. The summed E-state index contributed by atoms with van der Waals surface area (Å²) in [4.78, 5) is 25.3. The van der Waals surface area contributed by atoms with Crippen molar-refractivity contribution < 1.29 is 14.0 Å². The minimum atomic E-state index is -0.275. The third-order valence-electron chi connectivity index (χ3n) is 4.36. The third-order valence-corrected chi connectivity index (χ3v) is 4.36. The van der Waals surface area contributed by atoms with Gasteiger partial charge in [-0.25, -0.2) is 4.39 Å². The minimum Gasteiger partial charge on any atom is -0.352 e. The van der Waals surface area contributed by atoms with Crippen LogP contribution >= 0.6 is 0 Å². The van der Waals surface area contributed by atoms with E-state index in [1.54, 1.807) is 18.2 Å². The van der Waals surface area contributed by atoms with Gasteiger partial charge in [0, 0.05) is 19.5 Å². The summed E-state index contributed by atoms with van der Waals surface area (Å²) in [5, 5.41) is 3.01. The lowest BCUT2D eigenvalue weighted by molar-refractivity contribution is -0.134. The van der Waals surface area contributed by atoms with Crippen molar-refractivity contribution in [3.05, 3.63) is 35.6 Å². The molecule has 4 nitrogen and oxygen atoms in total. The van der Waals surface area contributed by atoms with E-state index < -0.39 is 0 Å². The molecule has 1 aromatic carbocycles. The molecule has 0 heterocycles. The SMILES string of the molecule is CC(=O)N(CCc1ccccc1F)CC(=O)NC1CCCCC1. The second-order valence-electron chi connectivity index (χ2n) is 6.18. The fourth-order valence-electron chi connectivity index (χ4n) is 3.00. The zero-order valence-corrected chi connectivity index (χ0v) is 13.7. The quantitative estimate of drug-likeness (QED) is 0.876. The van der Waals surface area contributed by atoms with Crippen molar-refractivity contribution in [1.82, 2.24) is 10.2 Å². The Balaban J connectivity index is 1.84. The Hall–Kier alpha value is -1.91. The predicted octanol–water partition coefficient (Wildman–Crippen LogP) is 2.67. The summed E-state index contributed by atoms with van der Waals surface area (Å²) < 4.78 is 13.6. The maximum atomic E-state index is 13.6. The lowest BCUT2D eigenvalue weighted by atomic mass is 9.95. The van der Waals surface area contributed by atoms with Crippen LogP contribution in [-0.2, 0) is 16.0 Å². The number of benzene rings is 1. The van der Waals surface area contributed by atoms with Gasteiger partial charge < -0.3 is 10.2 Å². The van der Waals surface area contributed by atoms with E-state index in [1.165, 1.54) is 24.3 Å². The number of carbonyl (C=O) groups excluding carboxylic acids is 2. The van der Waals surface area contributed by atoms with Gasteiger partial charge in [-0.05, 0) is 30.9 Å². The number of halogens is 1. The molecule has 0 aromatic heterocycles. The Morgan fingerprint density at radius 2 is 1.91 bits per heavy atom. The second kappa shape index (κ2) is 8.65. The van der Waals surface area contributed by atoms with Gasteiger partial charge in [-0.15, -0.1) is 0 Å². The van der Waals surface area contributed by atoms with E-state index in [1.807, 2.05) is 0 Å². The van der Waals surface area contributed by atoms with Crippen molar-refractivity contribution in [2.24, 2.45) is 0 Å². The zero-order chi connectivity index (χ0) is 16.7. The smallest absolute Gasteiger partial charge is 0.239 e. The van der Waals surface area contributed by atoms with Gasteiger partial charge in [0.25, 0.3) is 0 Å². The highest BCUT2D eigenvalue weighted by Gasteiger charge is 2.19. The molecule has 1 fully saturated rings. The first-order chi connectivity index (χ1) is 11.1. The monoisotopic (exact) mass is 320 g/mol. The van der Waals surface area contributed by atoms with Gasteiger partial charge >= 0.3 is 0 Å². The average Bonchev–Trinajstić information content (AvgIpc) is 2.53. The maximum absolute atomic E-state index is 13.6. The van der Waals surface area contributed by atoms with E-state index in [0.717, 1.165) is 25.7 Å². The number of carbonyl (C=O) groups is 2. The molecule has 5 heteroatoms. The Labute approximate surface area is 137 Å². The standard InChI is InChI=1S/C18H25FN2O2/c1-14(22)21(12-11-15-7-5-6-10-17(15)19)13-18(23)20-16-8-3-2-4-9-16/h5-7,10,16H,2-4,8-9,11-13H2,1H3,(H,20,23). The van der Waals surface area contributed by atoms with Crippen molar-refractivity contribution in [3.63, 3.8) is 0 Å². The molecule has 1 saturated carbocycles. The van der Waals surface area contributed by atoms with Crippen LogP contribution in [0.1, 0.15) is 44.6 Å². The molecule has 23 heavy (non-hydrogen) atoms. The highest BCUT2D eigenvalue weighted by atomic mass is 19.1. The summed E-state index contributed by atoms with van der Waals surface area (Å²) in [5.74, 6) is -0.566. The van der Waals surface area contributed by atoms with E-state index in [9.17, 15) is 14.0 Å². The molecule has 0 bridgehead atoms. The molecule has 126 valence electrons. The summed E-state index contributed by atoms with van der Waals surface area (Å²) in [5.41, 5.74) is 0.562. The molecule has 0 saturated heterocycles. The van der Waals surface area contributed by atoms with Crippen LogP contribution in [0.4, 0.5) is 4.39 Å². The van der Waals surface area contributed by atoms with E-state index in [2.05, 4.69) is 5.32 Å². The number of hydrogen-bond donors (Lipinski definition) is 1. The third kappa shape index (κ3) is 5.66. The predicted molar refractivity (Wildman–Crippen MR) is 87.4 cm³/mol. The summed E-state index contributed by atoms with van der Waals surface area (Å²) in [7, 11) is 0. The zero-order valence-electron chi connectivity index (χ0n) is 13.7. The van der Waals surface area contributed by atoms with Crippen LogP contribution in [0, 0.1) is 5.82 Å². The number of nitrogens with one attached hydrogen (secondary N) is 1. The fourth-order valence-corrected chi connectivity index (χ4v) is 3.00. The molecule has 2 amide bonds. The molecule has 1 aliphatic rings. The van der Waals surface area contributed by atoms with Gasteiger partial charge in [-0.1, -0.05) is 37.5 Å². The summed E-state index contributed by atoms with van der Waals surface area (Å²) >= 11 is 0. The molecule has 1 aromatic rings. The first-order valence-electron chi connectivity index (χ1n) is 8.34. The lowest BCUT2D eigenvalue weighted by Crippen LogP contribution is -2.44. The molecule has 1 N–H and O–H groups in total. The van der Waals surface area contributed by atoms with Crippen molar-refractivity contribution in [2.45, 2.75) is 51.5 Å². The Bertz CT molecular complexity index is 542. The fraction of sp³-hybridized carbons (Fsp3) is 0.556. The first-order valence-corrected chi connectivity index (χ1v) is 8.34. The molecular weight excluding hydrogens is 295 g/mol. The Morgan fingerprint density at radius 3 is 2.57 bits per heavy atom. The number of hydrogen-bond acceptors (Lipinski definition) is 2. The van der Waals surface area contributed by atoms with Crippen LogP contribution in [0.15, 0.2) is 24.3 Å². The van der Waals surface area contributed by atoms with Crippen molar-refractivity contribution >= 4 is 11.8 Å². The number of amides is 2. The maximum Gasteiger partial charge on any atom is 0.239 e. The van der Waals surface area contributed by atoms with Crippen molar-refractivity contribution in [3.8, 4) is 0 Å². The minimum absolute atomic E-state index is 0.0420. The van der Waals surface area contributed by atoms with E-state index in [4.69, 9.17) is 0 Å². The Morgan fingerprint density at radius 1 is 1.22 bits per heavy atom. The van der Waals surface area contributed by atoms with Crippen LogP contribution < -0.4 is 5.32 Å². The Kier molecular flexibility index (Phi) is 6.56. The molecule has 0 radical (unpaired) electrons. The molecule has 0 atom stereocenters. The molecule has 1 aliphatic carbocycles. The van der Waals surface area contributed by atoms with E-state index in [-0.39, 0.29) is 30.2 Å². The van der Waals surface area contributed by atoms with Gasteiger partial charge in [0.05, 0.1) is 6.54 Å². The van der Waals surface area contributed by atoms with Gasteiger partial charge in [0.1, 0.15) is 5.82 Å². The van der Waals surface area contributed by atoms with E-state index in [0.29, 0.717) is 18.5 Å². The summed E-state index contributed by atoms with van der Waals surface area (Å²) in [6, 6.07) is 6.75. The summed E-state index contributed by atoms with van der Waals surface area (Å²) in [6.07, 6.45) is 5.96. The van der Waals surface area contributed by atoms with Crippen molar-refractivity contribution in [2.75, 3.05) is 13.1 Å². The van der Waals surface area contributed by atoms with Gasteiger partial charge in [0.2, 0.25) is 11.8 Å². The van der Waals surface area contributed by atoms with Gasteiger partial charge in [-0.3, -0.25) is 9.59 Å². The average molecular weight is 320 g/mol. The number of nitrogens with zero attached hydrogens (tertiary/aromatic N) is 1. The van der Waals surface area contributed by atoms with Gasteiger partial charge in [0.15, 0.2) is 0 Å². The second-order valence-corrected chi connectivity index (χ2v) is 6.18. The van der Waals surface area contributed by atoms with Crippen LogP contribution in [0.3, 0.4) is 0 Å². The number of rotatable bonds is 6. The van der Waals surface area contributed by atoms with Crippen LogP contribution in [-0.4, -0.2) is 35.8 Å². The van der Waals surface area contributed by atoms with Crippen LogP contribution in [0.5, 0.6) is 0 Å². The molecular formula is C18H25FN2O2. The molecule has 0 unspecified atom stereocenters. The van der Waals surface area contributed by atoms with Crippen LogP contribution in [0.25, 0.3) is 0 Å². The summed E-state index contributed by atoms with van der Waals surface area (Å²) in [6.45, 7) is 1.82.